The average Bonchev–Trinajstić information content (AvgIpc) is 3.06. The fraction of sp³-hybridized carbons (Fsp3) is 0.342. The van der Waals surface area contributed by atoms with Crippen LogP contribution >= 0.6 is 0 Å². The number of ether oxygens (including phenoxy) is 3. The van der Waals surface area contributed by atoms with E-state index in [0.29, 0.717) is 30.8 Å². The van der Waals surface area contributed by atoms with Crippen molar-refractivity contribution in [3.05, 3.63) is 114 Å². The van der Waals surface area contributed by atoms with Gasteiger partial charge in [-0.3, -0.25) is 4.99 Å². The number of benzene rings is 2. The van der Waals surface area contributed by atoms with E-state index in [-0.39, 0.29) is 13.2 Å². The van der Waals surface area contributed by atoms with Gasteiger partial charge in [0.1, 0.15) is 19.0 Å². The lowest BCUT2D eigenvalue weighted by molar-refractivity contribution is -0.139. The van der Waals surface area contributed by atoms with Gasteiger partial charge in [0.15, 0.2) is 0 Å². The number of allylic oxidation sites excluding steroid dienone is 3. The van der Waals surface area contributed by atoms with Crippen LogP contribution in [0.4, 0.5) is 11.4 Å². The van der Waals surface area contributed by atoms with Crippen LogP contribution in [0.3, 0.4) is 0 Å². The molecule has 0 aliphatic heterocycles. The summed E-state index contributed by atoms with van der Waals surface area (Å²) in [6.07, 6.45) is 6.05. The van der Waals surface area contributed by atoms with E-state index in [1.54, 1.807) is 21.0 Å². The lowest BCUT2D eigenvalue weighted by atomic mass is 9.89. The van der Waals surface area contributed by atoms with Gasteiger partial charge < -0.3 is 24.0 Å². The van der Waals surface area contributed by atoms with Crippen LogP contribution in [0.5, 0.6) is 0 Å². The van der Waals surface area contributed by atoms with E-state index < -0.39 is 11.9 Å². The molecule has 8 heteroatoms. The molecule has 244 valence electrons. The van der Waals surface area contributed by atoms with E-state index in [1.165, 1.54) is 5.69 Å². The molecule has 2 aromatic carbocycles. The monoisotopic (exact) mass is 625 g/mol. The average molecular weight is 626 g/mol. The zero-order valence-corrected chi connectivity index (χ0v) is 28.1. The highest BCUT2D eigenvalue weighted by atomic mass is 16.5. The summed E-state index contributed by atoms with van der Waals surface area (Å²) >= 11 is 0. The van der Waals surface area contributed by atoms with Gasteiger partial charge >= 0.3 is 11.9 Å². The number of hydrogen-bond donors (Lipinski definition) is 0. The fourth-order valence-corrected chi connectivity index (χ4v) is 5.03. The molecule has 46 heavy (non-hydrogen) atoms. The molecule has 1 aliphatic rings. The van der Waals surface area contributed by atoms with Crippen molar-refractivity contribution < 1.29 is 23.8 Å². The van der Waals surface area contributed by atoms with E-state index >= 15 is 0 Å². The number of hydrogen-bond acceptors (Lipinski definition) is 8. The minimum absolute atomic E-state index is 0.157. The van der Waals surface area contributed by atoms with Crippen LogP contribution in [0.1, 0.15) is 45.7 Å². The van der Waals surface area contributed by atoms with Gasteiger partial charge in [-0.05, 0) is 87.7 Å². The van der Waals surface area contributed by atoms with Crippen molar-refractivity contribution in [2.24, 2.45) is 4.99 Å². The quantitative estimate of drug-likeness (QED) is 0.148. The number of carbonyl (C=O) groups is 2. The number of carbonyl (C=O) groups excluding carboxylic acids is 2. The normalized spacial score (nSPS) is 14.3. The van der Waals surface area contributed by atoms with Crippen molar-refractivity contribution in [3.8, 4) is 0 Å². The molecule has 0 spiro atoms. The van der Waals surface area contributed by atoms with Crippen LogP contribution in [0.25, 0.3) is 5.57 Å². The number of esters is 2. The summed E-state index contributed by atoms with van der Waals surface area (Å²) in [4.78, 5) is 32.9. The summed E-state index contributed by atoms with van der Waals surface area (Å²) in [6, 6.07) is 16.8. The third-order valence-electron chi connectivity index (χ3n) is 7.49. The predicted octanol–water partition coefficient (Wildman–Crippen LogP) is 6.94. The minimum Gasteiger partial charge on any atom is -0.496 e. The molecule has 0 bridgehead atoms. The van der Waals surface area contributed by atoms with Crippen LogP contribution in [0.2, 0.25) is 0 Å². The highest BCUT2D eigenvalue weighted by molar-refractivity contribution is 6.07. The van der Waals surface area contributed by atoms with Gasteiger partial charge in [-0.2, -0.15) is 0 Å². The second-order valence-corrected chi connectivity index (χ2v) is 10.8. The first kappa shape index (κ1) is 35.6. The standard InChI is InChI=1S/C38H47N3O5/c1-9-39-31-16-21-34(35(26-31)44-8)36(29-12-17-32(18-13-29)40(10-2)11-3)30-14-19-33(20-15-30)41(22-24-45-37(42)27(4)5)23-25-46-38(43)28(6)7/h12-21,26H,4,6,9-11,22-25H2,1-3,5,7-8H3/b36-34-,39-31?. The Balaban J connectivity index is 2.03. The van der Waals surface area contributed by atoms with Crippen LogP contribution in [0.15, 0.2) is 107 Å². The summed E-state index contributed by atoms with van der Waals surface area (Å²) in [6.45, 7) is 20.5. The minimum atomic E-state index is -0.443. The van der Waals surface area contributed by atoms with Crippen molar-refractivity contribution >= 4 is 34.6 Å². The first-order valence-corrected chi connectivity index (χ1v) is 15.7. The molecular formula is C38H47N3O5. The van der Waals surface area contributed by atoms with Crippen molar-refractivity contribution in [3.63, 3.8) is 0 Å². The first-order valence-electron chi connectivity index (χ1n) is 15.7. The number of nitrogens with zero attached hydrogens (tertiary/aromatic N) is 3. The van der Waals surface area contributed by atoms with E-state index in [9.17, 15) is 9.59 Å². The maximum atomic E-state index is 12.0. The third kappa shape index (κ3) is 9.57. The fourth-order valence-electron chi connectivity index (χ4n) is 5.03. The molecule has 0 atom stereocenters. The Morgan fingerprint density at radius 2 is 1.22 bits per heavy atom. The Morgan fingerprint density at radius 1 is 0.739 bits per heavy atom. The van der Waals surface area contributed by atoms with E-state index in [4.69, 9.17) is 14.2 Å². The smallest absolute Gasteiger partial charge is 0.333 e. The molecule has 0 radical (unpaired) electrons. The summed E-state index contributed by atoms with van der Waals surface area (Å²) in [5, 5.41) is 0. The molecule has 0 unspecified atom stereocenters. The molecule has 0 amide bonds. The second kappa shape index (κ2) is 17.6. The Labute approximate surface area is 274 Å². The van der Waals surface area contributed by atoms with Crippen LogP contribution < -0.4 is 9.80 Å². The maximum absolute atomic E-state index is 12.0. The molecule has 2 aromatic rings. The summed E-state index contributed by atoms with van der Waals surface area (Å²) in [7, 11) is 1.68. The molecule has 8 nitrogen and oxygen atoms in total. The van der Waals surface area contributed by atoms with E-state index in [0.717, 1.165) is 52.5 Å². The Kier molecular flexibility index (Phi) is 13.6. The van der Waals surface area contributed by atoms with Crippen molar-refractivity contribution in [1.29, 1.82) is 0 Å². The lowest BCUT2D eigenvalue weighted by Crippen LogP contribution is -2.32. The maximum Gasteiger partial charge on any atom is 0.333 e. The SMILES string of the molecule is C=C(C)C(=O)OCCN(CCOC(=O)C(=C)C)c1ccc(/C(=C2/C=CC(=NCC)C=C2OC)c2ccc(N(CC)CC)cc2)cc1. The molecule has 0 N–H and O–H groups in total. The van der Waals surface area contributed by atoms with E-state index in [2.05, 4.69) is 79.4 Å². The number of rotatable bonds is 16. The van der Waals surface area contributed by atoms with Gasteiger partial charge in [0, 0.05) is 53.8 Å². The van der Waals surface area contributed by atoms with Crippen LogP contribution in [-0.2, 0) is 23.8 Å². The van der Waals surface area contributed by atoms with Crippen LogP contribution in [0, 0.1) is 0 Å². The summed E-state index contributed by atoms with van der Waals surface area (Å²) in [5.74, 6) is -0.147. The molecular weight excluding hydrogens is 578 g/mol. The molecule has 1 aliphatic carbocycles. The largest absolute Gasteiger partial charge is 0.496 e. The molecule has 0 heterocycles. The van der Waals surface area contributed by atoms with Gasteiger partial charge in [-0.1, -0.05) is 37.4 Å². The predicted molar refractivity (Wildman–Crippen MR) is 188 cm³/mol. The highest BCUT2D eigenvalue weighted by Crippen LogP contribution is 2.35. The molecule has 0 saturated carbocycles. The van der Waals surface area contributed by atoms with Crippen molar-refractivity contribution in [2.45, 2.75) is 34.6 Å². The number of methoxy groups -OCH3 is 1. The number of aliphatic imine (C=N–C) groups is 1. The topological polar surface area (TPSA) is 80.7 Å². The Hall–Kier alpha value is -4.85. The molecule has 0 saturated heterocycles. The molecule has 3 rings (SSSR count). The van der Waals surface area contributed by atoms with Gasteiger partial charge in [-0.25, -0.2) is 9.59 Å². The zero-order valence-electron chi connectivity index (χ0n) is 28.1. The summed E-state index contributed by atoms with van der Waals surface area (Å²) < 4.78 is 16.6. The van der Waals surface area contributed by atoms with Crippen molar-refractivity contribution in [2.75, 3.05) is 62.8 Å². The highest BCUT2D eigenvalue weighted by Gasteiger charge is 2.19. The third-order valence-corrected chi connectivity index (χ3v) is 7.49. The lowest BCUT2D eigenvalue weighted by Gasteiger charge is -2.25. The number of anilines is 2. The Morgan fingerprint density at radius 3 is 1.63 bits per heavy atom. The van der Waals surface area contributed by atoms with Crippen LogP contribution in [-0.4, -0.2) is 70.7 Å². The molecule has 0 fully saturated rings. The Bertz CT molecular complexity index is 1480. The van der Waals surface area contributed by atoms with Gasteiger partial charge in [0.05, 0.1) is 25.9 Å². The molecule has 0 aromatic heterocycles. The zero-order chi connectivity index (χ0) is 33.6. The second-order valence-electron chi connectivity index (χ2n) is 10.8. The van der Waals surface area contributed by atoms with Gasteiger partial charge in [0.2, 0.25) is 0 Å². The van der Waals surface area contributed by atoms with E-state index in [1.807, 2.05) is 36.1 Å². The summed E-state index contributed by atoms with van der Waals surface area (Å²) in [5.41, 5.74) is 7.64. The van der Waals surface area contributed by atoms with Crippen molar-refractivity contribution in [1.82, 2.24) is 0 Å². The van der Waals surface area contributed by atoms with Gasteiger partial charge in [0.25, 0.3) is 0 Å². The van der Waals surface area contributed by atoms with Gasteiger partial charge in [-0.15, -0.1) is 0 Å². The first-order chi connectivity index (χ1) is 22.1.